The molecule has 3 rings (SSSR count). The van der Waals surface area contributed by atoms with Crippen molar-refractivity contribution in [3.8, 4) is 0 Å². The number of carbonyl (C=O) groups excluding carboxylic acids is 1. The van der Waals surface area contributed by atoms with E-state index >= 15 is 0 Å². The van der Waals surface area contributed by atoms with E-state index in [1.807, 2.05) is 39.0 Å². The fraction of sp³-hybridized carbons (Fsp3) is 0.211. The Morgan fingerprint density at radius 1 is 1.16 bits per heavy atom. The summed E-state index contributed by atoms with van der Waals surface area (Å²) in [6.45, 7) is 5.68. The number of anilines is 1. The van der Waals surface area contributed by atoms with Gasteiger partial charge in [-0.2, -0.15) is 5.10 Å². The minimum absolute atomic E-state index is 0.135. The highest BCUT2D eigenvalue weighted by molar-refractivity contribution is 14.1. The predicted molar refractivity (Wildman–Crippen MR) is 108 cm³/mol. The summed E-state index contributed by atoms with van der Waals surface area (Å²) in [5.41, 5.74) is 1.77. The van der Waals surface area contributed by atoms with Gasteiger partial charge in [0.15, 0.2) is 5.69 Å². The largest absolute Gasteiger partial charge is 0.320 e. The van der Waals surface area contributed by atoms with Crippen LogP contribution in [0.2, 0.25) is 0 Å². The Morgan fingerprint density at radius 3 is 2.48 bits per heavy atom. The Balaban J connectivity index is 2.12. The number of aromatic nitrogens is 2. The van der Waals surface area contributed by atoms with Gasteiger partial charge in [-0.25, -0.2) is 4.68 Å². The average molecular weight is 447 g/mol. The number of hydrogen-bond acceptors (Lipinski definition) is 3. The third kappa shape index (κ3) is 3.44. The molecule has 1 N–H and O–H groups in total. The van der Waals surface area contributed by atoms with E-state index in [9.17, 15) is 9.59 Å². The summed E-state index contributed by atoms with van der Waals surface area (Å²) < 4.78 is 2.46. The molecule has 6 heteroatoms. The van der Waals surface area contributed by atoms with Crippen molar-refractivity contribution >= 4 is 45.0 Å². The fourth-order valence-electron chi connectivity index (χ4n) is 2.67. The normalized spacial score (nSPS) is 11.1. The van der Waals surface area contributed by atoms with E-state index in [0.29, 0.717) is 10.8 Å². The standard InChI is InChI=1S/C19H18IN3O2/c1-11(2)23-19(25)15-7-5-4-6-14(15)17(22-23)18(24)21-16-9-8-13(20)10-12(16)3/h4-11H,1-3H3,(H,21,24). The summed E-state index contributed by atoms with van der Waals surface area (Å²) in [6.07, 6.45) is 0. The van der Waals surface area contributed by atoms with E-state index in [2.05, 4.69) is 33.0 Å². The predicted octanol–water partition coefficient (Wildman–Crippen LogP) is 4.14. The molecule has 0 aliphatic rings. The van der Waals surface area contributed by atoms with Gasteiger partial charge in [0.2, 0.25) is 0 Å². The summed E-state index contributed by atoms with van der Waals surface area (Å²) in [7, 11) is 0. The van der Waals surface area contributed by atoms with E-state index in [0.717, 1.165) is 14.8 Å². The first-order chi connectivity index (χ1) is 11.9. The van der Waals surface area contributed by atoms with Gasteiger partial charge < -0.3 is 5.32 Å². The number of fused-ring (bicyclic) bond motifs is 1. The maximum absolute atomic E-state index is 12.9. The van der Waals surface area contributed by atoms with E-state index < -0.39 is 0 Å². The number of carbonyl (C=O) groups is 1. The van der Waals surface area contributed by atoms with Crippen LogP contribution < -0.4 is 10.9 Å². The lowest BCUT2D eigenvalue weighted by Gasteiger charge is -2.14. The quantitative estimate of drug-likeness (QED) is 0.614. The van der Waals surface area contributed by atoms with Crippen LogP contribution in [0.4, 0.5) is 5.69 Å². The van der Waals surface area contributed by atoms with E-state index in [1.165, 1.54) is 4.68 Å². The van der Waals surface area contributed by atoms with Crippen LogP contribution in [0.25, 0.3) is 10.8 Å². The zero-order valence-electron chi connectivity index (χ0n) is 14.2. The highest BCUT2D eigenvalue weighted by atomic mass is 127. The Kier molecular flexibility index (Phi) is 4.89. The molecular formula is C19H18IN3O2. The van der Waals surface area contributed by atoms with Crippen LogP contribution >= 0.6 is 22.6 Å². The number of nitrogens with zero attached hydrogens (tertiary/aromatic N) is 2. The maximum atomic E-state index is 12.9. The smallest absolute Gasteiger partial charge is 0.276 e. The third-order valence-electron chi connectivity index (χ3n) is 3.97. The SMILES string of the molecule is Cc1cc(I)ccc1NC(=O)c1nn(C(C)C)c(=O)c2ccccc12. The van der Waals surface area contributed by atoms with E-state index in [4.69, 9.17) is 0 Å². The van der Waals surface area contributed by atoms with Crippen LogP contribution in [0, 0.1) is 10.5 Å². The molecule has 3 aromatic rings. The van der Waals surface area contributed by atoms with Crippen LogP contribution in [-0.4, -0.2) is 15.7 Å². The molecule has 128 valence electrons. The average Bonchev–Trinajstić information content (AvgIpc) is 2.57. The lowest BCUT2D eigenvalue weighted by atomic mass is 10.1. The monoisotopic (exact) mass is 447 g/mol. The first-order valence-electron chi connectivity index (χ1n) is 7.97. The molecular weight excluding hydrogens is 429 g/mol. The molecule has 0 fully saturated rings. The molecule has 0 saturated heterocycles. The number of hydrogen-bond donors (Lipinski definition) is 1. The van der Waals surface area contributed by atoms with Gasteiger partial charge in [0.1, 0.15) is 0 Å². The van der Waals surface area contributed by atoms with Crippen LogP contribution in [-0.2, 0) is 0 Å². The second kappa shape index (κ2) is 6.95. The van der Waals surface area contributed by atoms with Crippen LogP contribution in [0.5, 0.6) is 0 Å². The Bertz CT molecular complexity index is 1020. The molecule has 0 radical (unpaired) electrons. The van der Waals surface area contributed by atoms with Crippen molar-refractivity contribution in [2.75, 3.05) is 5.32 Å². The molecule has 0 saturated carbocycles. The zero-order chi connectivity index (χ0) is 18.1. The second-order valence-corrected chi connectivity index (χ2v) is 7.40. The van der Waals surface area contributed by atoms with Gasteiger partial charge in [0.05, 0.1) is 11.4 Å². The lowest BCUT2D eigenvalue weighted by Crippen LogP contribution is -2.29. The summed E-state index contributed by atoms with van der Waals surface area (Å²) in [5.74, 6) is -0.324. The molecule has 1 aromatic heterocycles. The van der Waals surface area contributed by atoms with Gasteiger partial charge >= 0.3 is 0 Å². The summed E-state index contributed by atoms with van der Waals surface area (Å²) >= 11 is 2.23. The second-order valence-electron chi connectivity index (χ2n) is 6.15. The molecule has 0 spiro atoms. The van der Waals surface area contributed by atoms with E-state index in [-0.39, 0.29) is 23.2 Å². The maximum Gasteiger partial charge on any atom is 0.276 e. The Labute approximate surface area is 159 Å². The van der Waals surface area contributed by atoms with Crippen molar-refractivity contribution in [1.82, 2.24) is 9.78 Å². The molecule has 5 nitrogen and oxygen atoms in total. The molecule has 0 bridgehead atoms. The zero-order valence-corrected chi connectivity index (χ0v) is 16.4. The number of amides is 1. The highest BCUT2D eigenvalue weighted by Gasteiger charge is 2.18. The van der Waals surface area contributed by atoms with Crippen molar-refractivity contribution in [2.24, 2.45) is 0 Å². The summed E-state index contributed by atoms with van der Waals surface area (Å²) in [4.78, 5) is 25.4. The topological polar surface area (TPSA) is 64.0 Å². The molecule has 1 heterocycles. The van der Waals surface area contributed by atoms with Gasteiger partial charge in [-0.05, 0) is 73.2 Å². The number of rotatable bonds is 3. The van der Waals surface area contributed by atoms with Crippen LogP contribution in [0.15, 0.2) is 47.3 Å². The summed E-state index contributed by atoms with van der Waals surface area (Å²) in [6, 6.07) is 12.7. The van der Waals surface area contributed by atoms with Crippen molar-refractivity contribution in [3.05, 3.63) is 67.6 Å². The molecule has 0 atom stereocenters. The van der Waals surface area contributed by atoms with E-state index in [1.54, 1.807) is 24.3 Å². The molecule has 2 aromatic carbocycles. The molecule has 0 unspecified atom stereocenters. The van der Waals surface area contributed by atoms with Crippen LogP contribution in [0.1, 0.15) is 35.9 Å². The third-order valence-corrected chi connectivity index (χ3v) is 4.64. The summed E-state index contributed by atoms with van der Waals surface area (Å²) in [5, 5.41) is 8.30. The minimum Gasteiger partial charge on any atom is -0.320 e. The fourth-order valence-corrected chi connectivity index (χ4v) is 3.32. The van der Waals surface area contributed by atoms with Gasteiger partial charge in [-0.3, -0.25) is 9.59 Å². The highest BCUT2D eigenvalue weighted by Crippen LogP contribution is 2.20. The van der Waals surface area contributed by atoms with Gasteiger partial charge in [0, 0.05) is 14.6 Å². The van der Waals surface area contributed by atoms with Crippen molar-refractivity contribution in [2.45, 2.75) is 26.8 Å². The lowest BCUT2D eigenvalue weighted by molar-refractivity contribution is 0.102. The number of halogens is 1. The first-order valence-corrected chi connectivity index (χ1v) is 9.05. The minimum atomic E-state index is -0.324. The number of nitrogens with one attached hydrogen (secondary N) is 1. The molecule has 0 aliphatic carbocycles. The first kappa shape index (κ1) is 17.6. The Morgan fingerprint density at radius 2 is 1.84 bits per heavy atom. The van der Waals surface area contributed by atoms with Crippen molar-refractivity contribution in [3.63, 3.8) is 0 Å². The molecule has 25 heavy (non-hydrogen) atoms. The number of aryl methyl sites for hydroxylation is 1. The van der Waals surface area contributed by atoms with Gasteiger partial charge in [0.25, 0.3) is 11.5 Å². The number of benzene rings is 2. The van der Waals surface area contributed by atoms with Gasteiger partial charge in [-0.15, -0.1) is 0 Å². The molecule has 1 amide bonds. The van der Waals surface area contributed by atoms with Crippen LogP contribution in [0.3, 0.4) is 0 Å². The van der Waals surface area contributed by atoms with Gasteiger partial charge in [-0.1, -0.05) is 18.2 Å². The Hall–Kier alpha value is -2.22. The van der Waals surface area contributed by atoms with Crippen molar-refractivity contribution in [1.29, 1.82) is 0 Å². The molecule has 0 aliphatic heterocycles. The van der Waals surface area contributed by atoms with Crippen molar-refractivity contribution < 1.29 is 4.79 Å².